The van der Waals surface area contributed by atoms with Crippen LogP contribution in [0.1, 0.15) is 36.8 Å². The highest BCUT2D eigenvalue weighted by Crippen LogP contribution is 2.19. The summed E-state index contributed by atoms with van der Waals surface area (Å²) in [6.45, 7) is 14.2. The van der Waals surface area contributed by atoms with Gasteiger partial charge < -0.3 is 5.32 Å². The Hall–Kier alpha value is -0.870. The SMILES string of the molecule is Cc1nn(C(C)C)c(C)c1CN1CCNCC1. The van der Waals surface area contributed by atoms with Crippen molar-refractivity contribution in [2.75, 3.05) is 26.2 Å². The van der Waals surface area contributed by atoms with Crippen LogP contribution in [0.4, 0.5) is 0 Å². The molecular weight excluding hydrogens is 212 g/mol. The van der Waals surface area contributed by atoms with Crippen LogP contribution in [0.15, 0.2) is 0 Å². The molecule has 1 aliphatic heterocycles. The summed E-state index contributed by atoms with van der Waals surface area (Å²) >= 11 is 0. The van der Waals surface area contributed by atoms with Crippen molar-refractivity contribution < 1.29 is 0 Å². The van der Waals surface area contributed by atoms with Gasteiger partial charge in [0.15, 0.2) is 0 Å². The summed E-state index contributed by atoms with van der Waals surface area (Å²) in [5.41, 5.74) is 3.94. The second-order valence-electron chi connectivity index (χ2n) is 5.21. The normalized spacial score (nSPS) is 17.9. The molecular formula is C13H24N4. The van der Waals surface area contributed by atoms with E-state index in [0.29, 0.717) is 6.04 Å². The molecule has 0 aromatic carbocycles. The van der Waals surface area contributed by atoms with E-state index in [1.807, 2.05) is 0 Å². The van der Waals surface area contributed by atoms with Crippen LogP contribution in [0.2, 0.25) is 0 Å². The molecule has 0 bridgehead atoms. The lowest BCUT2D eigenvalue weighted by atomic mass is 10.1. The summed E-state index contributed by atoms with van der Waals surface area (Å²) in [6.07, 6.45) is 0. The topological polar surface area (TPSA) is 33.1 Å². The van der Waals surface area contributed by atoms with Gasteiger partial charge in [0.2, 0.25) is 0 Å². The van der Waals surface area contributed by atoms with Crippen molar-refractivity contribution in [1.82, 2.24) is 20.0 Å². The third kappa shape index (κ3) is 2.69. The maximum absolute atomic E-state index is 4.65. The maximum Gasteiger partial charge on any atom is 0.0641 e. The van der Waals surface area contributed by atoms with Gasteiger partial charge in [0.25, 0.3) is 0 Å². The molecule has 96 valence electrons. The van der Waals surface area contributed by atoms with E-state index in [2.05, 4.69) is 47.7 Å². The lowest BCUT2D eigenvalue weighted by molar-refractivity contribution is 0.232. The van der Waals surface area contributed by atoms with E-state index >= 15 is 0 Å². The number of rotatable bonds is 3. The Balaban J connectivity index is 2.14. The van der Waals surface area contributed by atoms with Crippen LogP contribution in [-0.2, 0) is 6.54 Å². The number of hydrogen-bond donors (Lipinski definition) is 1. The van der Waals surface area contributed by atoms with Gasteiger partial charge in [0, 0.05) is 50.0 Å². The molecule has 1 aliphatic rings. The van der Waals surface area contributed by atoms with Gasteiger partial charge >= 0.3 is 0 Å². The summed E-state index contributed by atoms with van der Waals surface area (Å²) in [5.74, 6) is 0. The molecule has 4 heteroatoms. The molecule has 17 heavy (non-hydrogen) atoms. The monoisotopic (exact) mass is 236 g/mol. The van der Waals surface area contributed by atoms with E-state index < -0.39 is 0 Å². The van der Waals surface area contributed by atoms with Gasteiger partial charge in [-0.3, -0.25) is 9.58 Å². The lowest BCUT2D eigenvalue weighted by Crippen LogP contribution is -2.43. The quantitative estimate of drug-likeness (QED) is 0.863. The van der Waals surface area contributed by atoms with Gasteiger partial charge in [-0.2, -0.15) is 5.10 Å². The minimum atomic E-state index is 0.450. The summed E-state index contributed by atoms with van der Waals surface area (Å²) in [4.78, 5) is 2.51. The van der Waals surface area contributed by atoms with Crippen LogP contribution in [0, 0.1) is 13.8 Å². The van der Waals surface area contributed by atoms with Crippen molar-refractivity contribution in [2.45, 2.75) is 40.3 Å². The first kappa shape index (κ1) is 12.6. The van der Waals surface area contributed by atoms with Crippen molar-refractivity contribution in [3.63, 3.8) is 0 Å². The molecule has 0 radical (unpaired) electrons. The fourth-order valence-electron chi connectivity index (χ4n) is 2.52. The van der Waals surface area contributed by atoms with E-state index in [4.69, 9.17) is 0 Å². The Morgan fingerprint density at radius 3 is 2.41 bits per heavy atom. The molecule has 1 N–H and O–H groups in total. The third-order valence-electron chi connectivity index (χ3n) is 3.56. The molecule has 0 amide bonds. The predicted molar refractivity (Wildman–Crippen MR) is 70.2 cm³/mol. The van der Waals surface area contributed by atoms with Crippen LogP contribution in [0.3, 0.4) is 0 Å². The molecule has 1 fully saturated rings. The highest BCUT2D eigenvalue weighted by atomic mass is 15.3. The van der Waals surface area contributed by atoms with Crippen LogP contribution < -0.4 is 5.32 Å². The van der Waals surface area contributed by atoms with Crippen molar-refractivity contribution in [3.8, 4) is 0 Å². The number of piperazine rings is 1. The maximum atomic E-state index is 4.65. The Kier molecular flexibility index (Phi) is 3.84. The van der Waals surface area contributed by atoms with Gasteiger partial charge in [-0.05, 0) is 27.7 Å². The van der Waals surface area contributed by atoms with Gasteiger partial charge in [0.1, 0.15) is 0 Å². The van der Waals surface area contributed by atoms with Gasteiger partial charge in [0.05, 0.1) is 5.69 Å². The summed E-state index contributed by atoms with van der Waals surface area (Å²) in [7, 11) is 0. The zero-order chi connectivity index (χ0) is 12.4. The van der Waals surface area contributed by atoms with E-state index in [1.54, 1.807) is 0 Å². The number of aryl methyl sites for hydroxylation is 1. The van der Waals surface area contributed by atoms with E-state index in [1.165, 1.54) is 17.0 Å². The van der Waals surface area contributed by atoms with E-state index in [9.17, 15) is 0 Å². The fourth-order valence-corrected chi connectivity index (χ4v) is 2.52. The molecule has 0 unspecified atom stereocenters. The first-order valence-corrected chi connectivity index (χ1v) is 6.57. The van der Waals surface area contributed by atoms with Crippen LogP contribution in [-0.4, -0.2) is 40.9 Å². The molecule has 0 saturated carbocycles. The Bertz CT molecular complexity index is 375. The third-order valence-corrected chi connectivity index (χ3v) is 3.56. The number of hydrogen-bond acceptors (Lipinski definition) is 3. The standard InChI is InChI=1S/C13H24N4/c1-10(2)17-12(4)13(11(3)15-17)9-16-7-5-14-6-8-16/h10,14H,5-9H2,1-4H3. The Morgan fingerprint density at radius 1 is 1.24 bits per heavy atom. The molecule has 0 atom stereocenters. The van der Waals surface area contributed by atoms with E-state index in [-0.39, 0.29) is 0 Å². The molecule has 1 aromatic rings. The molecule has 1 aromatic heterocycles. The van der Waals surface area contributed by atoms with Crippen molar-refractivity contribution in [1.29, 1.82) is 0 Å². The smallest absolute Gasteiger partial charge is 0.0641 e. The van der Waals surface area contributed by atoms with Gasteiger partial charge in [-0.15, -0.1) is 0 Å². The van der Waals surface area contributed by atoms with Crippen LogP contribution in [0.25, 0.3) is 0 Å². The molecule has 4 nitrogen and oxygen atoms in total. The lowest BCUT2D eigenvalue weighted by Gasteiger charge is -2.27. The number of nitrogens with one attached hydrogen (secondary N) is 1. The van der Waals surface area contributed by atoms with Crippen molar-refractivity contribution in [2.24, 2.45) is 0 Å². The molecule has 2 rings (SSSR count). The second-order valence-corrected chi connectivity index (χ2v) is 5.21. The highest BCUT2D eigenvalue weighted by Gasteiger charge is 2.17. The van der Waals surface area contributed by atoms with Crippen LogP contribution >= 0.6 is 0 Å². The van der Waals surface area contributed by atoms with Crippen molar-refractivity contribution in [3.05, 3.63) is 17.0 Å². The summed E-state index contributed by atoms with van der Waals surface area (Å²) < 4.78 is 2.15. The Morgan fingerprint density at radius 2 is 1.88 bits per heavy atom. The first-order chi connectivity index (χ1) is 8.09. The average molecular weight is 236 g/mol. The zero-order valence-electron chi connectivity index (χ0n) is 11.5. The average Bonchev–Trinajstić information content (AvgIpc) is 2.58. The Labute approximate surface area is 104 Å². The van der Waals surface area contributed by atoms with Gasteiger partial charge in [-0.1, -0.05) is 0 Å². The zero-order valence-corrected chi connectivity index (χ0v) is 11.5. The van der Waals surface area contributed by atoms with Gasteiger partial charge in [-0.25, -0.2) is 0 Å². The van der Waals surface area contributed by atoms with Crippen molar-refractivity contribution >= 4 is 0 Å². The second kappa shape index (κ2) is 5.19. The van der Waals surface area contributed by atoms with E-state index in [0.717, 1.165) is 32.7 Å². The largest absolute Gasteiger partial charge is 0.314 e. The summed E-state index contributed by atoms with van der Waals surface area (Å²) in [6, 6.07) is 0.450. The minimum absolute atomic E-state index is 0.450. The number of aromatic nitrogens is 2. The molecule has 2 heterocycles. The first-order valence-electron chi connectivity index (χ1n) is 6.57. The highest BCUT2D eigenvalue weighted by molar-refractivity contribution is 5.24. The predicted octanol–water partition coefficient (Wildman–Crippen LogP) is 1.49. The molecule has 0 aliphatic carbocycles. The minimum Gasteiger partial charge on any atom is -0.314 e. The number of nitrogens with zero attached hydrogens (tertiary/aromatic N) is 3. The fraction of sp³-hybridized carbons (Fsp3) is 0.769. The summed E-state index contributed by atoms with van der Waals surface area (Å²) in [5, 5.41) is 8.04. The molecule has 1 saturated heterocycles. The molecule has 0 spiro atoms. The van der Waals surface area contributed by atoms with Crippen LogP contribution in [0.5, 0.6) is 0 Å².